The highest BCUT2D eigenvalue weighted by molar-refractivity contribution is 14.1. The van der Waals surface area contributed by atoms with Crippen molar-refractivity contribution in [3.8, 4) is 5.69 Å². The molecule has 0 spiro atoms. The molecule has 2 rings (SSSR count). The number of nitrogens with one attached hydrogen (secondary N) is 1. The lowest BCUT2D eigenvalue weighted by molar-refractivity contribution is 0.199. The molecule has 1 N–H and O–H groups in total. The molecule has 0 saturated heterocycles. The summed E-state index contributed by atoms with van der Waals surface area (Å²) < 4.78 is 9.13. The minimum atomic E-state index is 0.711. The molecule has 1 aromatic carbocycles. The van der Waals surface area contributed by atoms with Gasteiger partial charge in [0.25, 0.3) is 0 Å². The van der Waals surface area contributed by atoms with Gasteiger partial charge in [-0.05, 0) is 46.4 Å². The van der Waals surface area contributed by atoms with Crippen LogP contribution in [-0.4, -0.2) is 30.0 Å². The SMILES string of the molecule is COCCNCc1cc(Br)ccc1-n1cc(I)cn1. The van der Waals surface area contributed by atoms with E-state index < -0.39 is 0 Å². The van der Waals surface area contributed by atoms with Gasteiger partial charge >= 0.3 is 0 Å². The predicted molar refractivity (Wildman–Crippen MR) is 87.6 cm³/mol. The van der Waals surface area contributed by atoms with E-state index >= 15 is 0 Å². The van der Waals surface area contributed by atoms with Crippen molar-refractivity contribution in [2.45, 2.75) is 6.54 Å². The number of aromatic nitrogens is 2. The number of nitrogens with zero attached hydrogens (tertiary/aromatic N) is 2. The Morgan fingerprint density at radius 2 is 2.32 bits per heavy atom. The number of hydrogen-bond donors (Lipinski definition) is 1. The van der Waals surface area contributed by atoms with Crippen LogP contribution in [0.15, 0.2) is 35.1 Å². The highest BCUT2D eigenvalue weighted by atomic mass is 127. The highest BCUT2D eigenvalue weighted by Gasteiger charge is 2.06. The molecule has 0 bridgehead atoms. The van der Waals surface area contributed by atoms with Gasteiger partial charge in [0.2, 0.25) is 0 Å². The highest BCUT2D eigenvalue weighted by Crippen LogP contribution is 2.20. The van der Waals surface area contributed by atoms with Crippen LogP contribution in [0.5, 0.6) is 0 Å². The monoisotopic (exact) mass is 435 g/mol. The molecule has 0 aliphatic rings. The normalized spacial score (nSPS) is 10.9. The quantitative estimate of drug-likeness (QED) is 0.560. The van der Waals surface area contributed by atoms with E-state index in [0.717, 1.165) is 26.8 Å². The maximum Gasteiger partial charge on any atom is 0.0691 e. The lowest BCUT2D eigenvalue weighted by Gasteiger charge is -2.11. The second-order valence-electron chi connectivity index (χ2n) is 4.05. The van der Waals surface area contributed by atoms with Crippen molar-refractivity contribution in [1.82, 2.24) is 15.1 Å². The maximum atomic E-state index is 5.03. The molecule has 1 aromatic heterocycles. The molecule has 0 radical (unpaired) electrons. The van der Waals surface area contributed by atoms with Gasteiger partial charge in [0, 0.05) is 30.9 Å². The largest absolute Gasteiger partial charge is 0.383 e. The summed E-state index contributed by atoms with van der Waals surface area (Å²) in [4.78, 5) is 0. The molecule has 0 amide bonds. The molecule has 102 valence electrons. The third-order valence-electron chi connectivity index (χ3n) is 2.64. The third kappa shape index (κ3) is 4.27. The molecule has 0 saturated carbocycles. The van der Waals surface area contributed by atoms with Gasteiger partial charge in [-0.25, -0.2) is 4.68 Å². The number of methoxy groups -OCH3 is 1. The second-order valence-corrected chi connectivity index (χ2v) is 6.21. The van der Waals surface area contributed by atoms with Crippen molar-refractivity contribution < 1.29 is 4.74 Å². The van der Waals surface area contributed by atoms with Gasteiger partial charge in [-0.2, -0.15) is 5.10 Å². The van der Waals surface area contributed by atoms with E-state index in [9.17, 15) is 0 Å². The summed E-state index contributed by atoms with van der Waals surface area (Å²) in [5.74, 6) is 0. The molecule has 6 heteroatoms. The first-order valence-electron chi connectivity index (χ1n) is 5.89. The predicted octanol–water partition coefficient (Wildman–Crippen LogP) is 2.98. The average Bonchev–Trinajstić information content (AvgIpc) is 2.81. The van der Waals surface area contributed by atoms with E-state index in [-0.39, 0.29) is 0 Å². The van der Waals surface area contributed by atoms with Crippen molar-refractivity contribution >= 4 is 38.5 Å². The molecule has 0 fully saturated rings. The molecular weight excluding hydrogens is 421 g/mol. The van der Waals surface area contributed by atoms with Gasteiger partial charge in [0.05, 0.1) is 22.1 Å². The van der Waals surface area contributed by atoms with Crippen molar-refractivity contribution in [2.24, 2.45) is 0 Å². The summed E-state index contributed by atoms with van der Waals surface area (Å²) in [6.07, 6.45) is 3.87. The number of benzene rings is 1. The smallest absolute Gasteiger partial charge is 0.0691 e. The van der Waals surface area contributed by atoms with Crippen LogP contribution in [0.3, 0.4) is 0 Å². The van der Waals surface area contributed by atoms with E-state index in [1.54, 1.807) is 7.11 Å². The lowest BCUT2D eigenvalue weighted by atomic mass is 10.2. The standard InChI is InChI=1S/C13H15BrIN3O/c1-19-5-4-16-7-10-6-11(14)2-3-13(10)18-9-12(15)8-17-18/h2-3,6,8-9,16H,4-5,7H2,1H3. The molecule has 19 heavy (non-hydrogen) atoms. The minimum Gasteiger partial charge on any atom is -0.383 e. The molecule has 0 aliphatic carbocycles. The van der Waals surface area contributed by atoms with Crippen molar-refractivity contribution in [3.63, 3.8) is 0 Å². The molecular formula is C13H15BrIN3O. The van der Waals surface area contributed by atoms with E-state index in [2.05, 4.69) is 61.1 Å². The second kappa shape index (κ2) is 7.37. The summed E-state index contributed by atoms with van der Waals surface area (Å²) in [6, 6.07) is 6.21. The van der Waals surface area contributed by atoms with Crippen LogP contribution in [0, 0.1) is 3.57 Å². The summed E-state index contributed by atoms with van der Waals surface area (Å²) in [7, 11) is 1.71. The van der Waals surface area contributed by atoms with Gasteiger partial charge in [-0.15, -0.1) is 0 Å². The van der Waals surface area contributed by atoms with Crippen molar-refractivity contribution in [2.75, 3.05) is 20.3 Å². The number of halogens is 2. The number of ether oxygens (including phenoxy) is 1. The fourth-order valence-corrected chi connectivity index (χ4v) is 2.55. The molecule has 4 nitrogen and oxygen atoms in total. The summed E-state index contributed by atoms with van der Waals surface area (Å²) >= 11 is 5.77. The average molecular weight is 436 g/mol. The third-order valence-corrected chi connectivity index (χ3v) is 3.69. The Kier molecular flexibility index (Phi) is 5.80. The van der Waals surface area contributed by atoms with E-state index in [1.165, 1.54) is 5.56 Å². The minimum absolute atomic E-state index is 0.711. The first-order valence-corrected chi connectivity index (χ1v) is 7.76. The first kappa shape index (κ1) is 15.0. The Morgan fingerprint density at radius 1 is 1.47 bits per heavy atom. The zero-order valence-electron chi connectivity index (χ0n) is 10.6. The topological polar surface area (TPSA) is 39.1 Å². The van der Waals surface area contributed by atoms with Crippen LogP contribution in [0.4, 0.5) is 0 Å². The Bertz CT molecular complexity index is 544. The van der Waals surface area contributed by atoms with Crippen LogP contribution in [0.2, 0.25) is 0 Å². The van der Waals surface area contributed by atoms with Crippen LogP contribution < -0.4 is 5.32 Å². The van der Waals surface area contributed by atoms with Crippen molar-refractivity contribution in [1.29, 1.82) is 0 Å². The summed E-state index contributed by atoms with van der Waals surface area (Å²) in [5, 5.41) is 7.72. The fourth-order valence-electron chi connectivity index (χ4n) is 1.75. The van der Waals surface area contributed by atoms with Crippen LogP contribution in [0.1, 0.15) is 5.56 Å². The summed E-state index contributed by atoms with van der Waals surface area (Å²) in [6.45, 7) is 2.33. The first-order chi connectivity index (χ1) is 9.20. The van der Waals surface area contributed by atoms with E-state index in [4.69, 9.17) is 4.74 Å². The Balaban J connectivity index is 2.18. The van der Waals surface area contributed by atoms with E-state index in [1.807, 2.05) is 23.1 Å². The van der Waals surface area contributed by atoms with Crippen molar-refractivity contribution in [3.05, 3.63) is 44.2 Å². The van der Waals surface area contributed by atoms with E-state index in [0.29, 0.717) is 6.61 Å². The lowest BCUT2D eigenvalue weighted by Crippen LogP contribution is -2.19. The molecule has 1 heterocycles. The fraction of sp³-hybridized carbons (Fsp3) is 0.308. The van der Waals surface area contributed by atoms with Gasteiger partial charge in [0.1, 0.15) is 0 Å². The molecule has 0 unspecified atom stereocenters. The Labute approximate surface area is 134 Å². The van der Waals surface area contributed by atoms with Gasteiger partial charge in [0.15, 0.2) is 0 Å². The number of hydrogen-bond acceptors (Lipinski definition) is 3. The summed E-state index contributed by atoms with van der Waals surface area (Å²) in [5.41, 5.74) is 2.29. The molecule has 0 atom stereocenters. The number of rotatable bonds is 6. The maximum absolute atomic E-state index is 5.03. The Morgan fingerprint density at radius 3 is 3.00 bits per heavy atom. The molecule has 2 aromatic rings. The Hall–Kier alpha value is -0.440. The van der Waals surface area contributed by atoms with Crippen LogP contribution >= 0.6 is 38.5 Å². The molecule has 0 aliphatic heterocycles. The van der Waals surface area contributed by atoms with Gasteiger partial charge in [-0.3, -0.25) is 0 Å². The zero-order valence-corrected chi connectivity index (χ0v) is 14.3. The van der Waals surface area contributed by atoms with Crippen LogP contribution in [-0.2, 0) is 11.3 Å². The van der Waals surface area contributed by atoms with Crippen LogP contribution in [0.25, 0.3) is 5.69 Å². The zero-order chi connectivity index (χ0) is 13.7. The van der Waals surface area contributed by atoms with Gasteiger partial charge < -0.3 is 10.1 Å². The van der Waals surface area contributed by atoms with Gasteiger partial charge in [-0.1, -0.05) is 15.9 Å².